The predicted octanol–water partition coefficient (Wildman–Crippen LogP) is 2.00. The van der Waals surface area contributed by atoms with Crippen molar-refractivity contribution in [1.29, 1.82) is 0 Å². The minimum absolute atomic E-state index is 0.0171. The number of halogens is 1. The standard InChI is InChI=1S/C13H15ClN4O2S/c1-20-7-18-6-15-11(14)10(18)5-21-13-16-9-4-2-3-8(9)12(19)17-13/h6H,2-5,7H2,1H3,(H,16,17,19). The normalized spacial score (nSPS) is 13.6. The highest BCUT2D eigenvalue weighted by atomic mass is 35.5. The SMILES string of the molecule is COCn1cnc(Cl)c1CSc1nc2c(c(=O)[nH]1)CCC2. The number of nitrogens with one attached hydrogen (secondary N) is 1. The lowest BCUT2D eigenvalue weighted by Gasteiger charge is -2.07. The number of methoxy groups -OCH3 is 1. The molecule has 0 atom stereocenters. The quantitative estimate of drug-likeness (QED) is 0.672. The van der Waals surface area contributed by atoms with E-state index in [2.05, 4.69) is 15.0 Å². The molecule has 1 aliphatic carbocycles. The molecule has 0 aliphatic heterocycles. The Morgan fingerprint density at radius 2 is 2.38 bits per heavy atom. The number of aromatic amines is 1. The predicted molar refractivity (Wildman–Crippen MR) is 80.7 cm³/mol. The second-order valence-corrected chi connectivity index (χ2v) is 6.13. The Balaban J connectivity index is 1.78. The van der Waals surface area contributed by atoms with Crippen molar-refractivity contribution in [2.45, 2.75) is 36.9 Å². The van der Waals surface area contributed by atoms with Gasteiger partial charge < -0.3 is 14.3 Å². The summed E-state index contributed by atoms with van der Waals surface area (Å²) in [6.07, 6.45) is 4.36. The van der Waals surface area contributed by atoms with E-state index in [9.17, 15) is 4.79 Å². The zero-order valence-corrected chi connectivity index (χ0v) is 13.1. The first-order chi connectivity index (χ1) is 10.2. The van der Waals surface area contributed by atoms with Gasteiger partial charge in [-0.3, -0.25) is 4.79 Å². The minimum Gasteiger partial charge on any atom is -0.364 e. The Labute approximate surface area is 130 Å². The Morgan fingerprint density at radius 3 is 3.19 bits per heavy atom. The van der Waals surface area contributed by atoms with E-state index < -0.39 is 0 Å². The molecule has 2 heterocycles. The van der Waals surface area contributed by atoms with Crippen molar-refractivity contribution in [2.24, 2.45) is 0 Å². The zero-order chi connectivity index (χ0) is 14.8. The second-order valence-electron chi connectivity index (χ2n) is 4.81. The van der Waals surface area contributed by atoms with E-state index in [1.807, 2.05) is 4.57 Å². The first-order valence-electron chi connectivity index (χ1n) is 6.62. The van der Waals surface area contributed by atoms with Crippen LogP contribution < -0.4 is 5.56 Å². The van der Waals surface area contributed by atoms with Gasteiger partial charge in [0, 0.05) is 18.4 Å². The first kappa shape index (κ1) is 14.6. The summed E-state index contributed by atoms with van der Waals surface area (Å²) >= 11 is 7.52. The van der Waals surface area contributed by atoms with Gasteiger partial charge in [0.25, 0.3) is 5.56 Å². The van der Waals surface area contributed by atoms with Crippen molar-refractivity contribution in [1.82, 2.24) is 19.5 Å². The molecule has 0 bridgehead atoms. The number of imidazole rings is 1. The summed E-state index contributed by atoms with van der Waals surface area (Å²) in [6, 6.07) is 0. The van der Waals surface area contributed by atoms with E-state index in [1.54, 1.807) is 13.4 Å². The van der Waals surface area contributed by atoms with E-state index in [0.29, 0.717) is 22.8 Å². The highest BCUT2D eigenvalue weighted by molar-refractivity contribution is 7.98. The fourth-order valence-electron chi connectivity index (χ4n) is 2.40. The Hall–Kier alpha value is -1.31. The molecule has 6 nitrogen and oxygen atoms in total. The zero-order valence-electron chi connectivity index (χ0n) is 11.6. The molecule has 112 valence electrons. The second kappa shape index (κ2) is 6.21. The summed E-state index contributed by atoms with van der Waals surface area (Å²) in [5, 5.41) is 1.07. The molecule has 3 rings (SSSR count). The number of ether oxygens (including phenoxy) is 1. The molecule has 0 fully saturated rings. The van der Waals surface area contributed by atoms with Gasteiger partial charge in [-0.1, -0.05) is 23.4 Å². The van der Waals surface area contributed by atoms with Crippen LogP contribution in [0.1, 0.15) is 23.4 Å². The number of nitrogens with zero attached hydrogens (tertiary/aromatic N) is 3. The van der Waals surface area contributed by atoms with Crippen LogP contribution in [0.3, 0.4) is 0 Å². The molecule has 0 radical (unpaired) electrons. The Kier molecular flexibility index (Phi) is 4.32. The number of hydrogen-bond donors (Lipinski definition) is 1. The Morgan fingerprint density at radius 1 is 1.52 bits per heavy atom. The molecule has 21 heavy (non-hydrogen) atoms. The molecule has 0 unspecified atom stereocenters. The van der Waals surface area contributed by atoms with Crippen molar-refractivity contribution in [3.8, 4) is 0 Å². The molecule has 1 N–H and O–H groups in total. The van der Waals surface area contributed by atoms with Crippen LogP contribution >= 0.6 is 23.4 Å². The maximum atomic E-state index is 12.0. The summed E-state index contributed by atoms with van der Waals surface area (Å²) in [5.74, 6) is 0.573. The molecular formula is C13H15ClN4O2S. The fraction of sp³-hybridized carbons (Fsp3) is 0.462. The molecule has 0 amide bonds. The van der Waals surface area contributed by atoms with E-state index in [0.717, 1.165) is 36.2 Å². The Bertz CT molecular complexity index is 713. The minimum atomic E-state index is -0.0171. The molecular weight excluding hydrogens is 312 g/mol. The molecule has 2 aromatic heterocycles. The summed E-state index contributed by atoms with van der Waals surface area (Å²) in [7, 11) is 1.62. The van der Waals surface area contributed by atoms with Gasteiger partial charge in [-0.05, 0) is 19.3 Å². The fourth-order valence-corrected chi connectivity index (χ4v) is 3.61. The number of aryl methyl sites for hydroxylation is 1. The van der Waals surface area contributed by atoms with E-state index in [4.69, 9.17) is 16.3 Å². The summed E-state index contributed by atoms with van der Waals surface area (Å²) in [6.45, 7) is 0.393. The van der Waals surface area contributed by atoms with Gasteiger partial charge in [0.15, 0.2) is 10.3 Å². The van der Waals surface area contributed by atoms with Crippen molar-refractivity contribution >= 4 is 23.4 Å². The highest BCUT2D eigenvalue weighted by Crippen LogP contribution is 2.25. The molecule has 0 spiro atoms. The lowest BCUT2D eigenvalue weighted by Crippen LogP contribution is -2.15. The van der Waals surface area contributed by atoms with Gasteiger partial charge >= 0.3 is 0 Å². The van der Waals surface area contributed by atoms with E-state index in [1.165, 1.54) is 11.8 Å². The van der Waals surface area contributed by atoms with Gasteiger partial charge in [-0.2, -0.15) is 0 Å². The number of hydrogen-bond acceptors (Lipinski definition) is 5. The third-order valence-corrected chi connectivity index (χ3v) is 4.63. The van der Waals surface area contributed by atoms with Gasteiger partial charge in [0.2, 0.25) is 0 Å². The molecule has 1 aliphatic rings. The third-order valence-electron chi connectivity index (χ3n) is 3.43. The largest absolute Gasteiger partial charge is 0.364 e. The van der Waals surface area contributed by atoms with Crippen molar-refractivity contribution in [3.63, 3.8) is 0 Å². The maximum Gasteiger partial charge on any atom is 0.254 e. The van der Waals surface area contributed by atoms with Crippen LogP contribution in [0.5, 0.6) is 0 Å². The van der Waals surface area contributed by atoms with E-state index >= 15 is 0 Å². The number of rotatable bonds is 5. The van der Waals surface area contributed by atoms with Crippen molar-refractivity contribution in [2.75, 3.05) is 7.11 Å². The molecule has 0 aromatic carbocycles. The van der Waals surface area contributed by atoms with Crippen LogP contribution in [-0.2, 0) is 30.1 Å². The van der Waals surface area contributed by atoms with E-state index in [-0.39, 0.29) is 5.56 Å². The number of H-pyrrole nitrogens is 1. The van der Waals surface area contributed by atoms with Crippen molar-refractivity contribution in [3.05, 3.63) is 38.8 Å². The summed E-state index contributed by atoms with van der Waals surface area (Å²) in [4.78, 5) is 23.4. The van der Waals surface area contributed by atoms with Crippen LogP contribution in [0, 0.1) is 0 Å². The number of fused-ring (bicyclic) bond motifs is 1. The highest BCUT2D eigenvalue weighted by Gasteiger charge is 2.18. The number of aromatic nitrogens is 4. The maximum absolute atomic E-state index is 12.0. The van der Waals surface area contributed by atoms with Crippen LogP contribution in [0.4, 0.5) is 0 Å². The number of thioether (sulfide) groups is 1. The van der Waals surface area contributed by atoms with Crippen LogP contribution in [0.2, 0.25) is 5.15 Å². The smallest absolute Gasteiger partial charge is 0.254 e. The topological polar surface area (TPSA) is 72.8 Å². The van der Waals surface area contributed by atoms with Crippen LogP contribution in [0.15, 0.2) is 16.3 Å². The van der Waals surface area contributed by atoms with Gasteiger partial charge in [0.05, 0.1) is 17.7 Å². The average Bonchev–Trinajstić information content (AvgIpc) is 3.05. The molecule has 0 saturated carbocycles. The molecule has 0 saturated heterocycles. The summed E-state index contributed by atoms with van der Waals surface area (Å²) < 4.78 is 6.93. The lowest BCUT2D eigenvalue weighted by atomic mass is 10.3. The van der Waals surface area contributed by atoms with Crippen LogP contribution in [-0.4, -0.2) is 26.6 Å². The van der Waals surface area contributed by atoms with Gasteiger partial charge in [-0.25, -0.2) is 9.97 Å². The molecule has 2 aromatic rings. The molecule has 8 heteroatoms. The monoisotopic (exact) mass is 326 g/mol. The van der Waals surface area contributed by atoms with Crippen molar-refractivity contribution < 1.29 is 4.74 Å². The lowest BCUT2D eigenvalue weighted by molar-refractivity contribution is 0.129. The third kappa shape index (κ3) is 3.00. The first-order valence-corrected chi connectivity index (χ1v) is 7.98. The van der Waals surface area contributed by atoms with Gasteiger partial charge in [0.1, 0.15) is 6.73 Å². The summed E-state index contributed by atoms with van der Waals surface area (Å²) in [5.41, 5.74) is 2.60. The average molecular weight is 327 g/mol. The van der Waals surface area contributed by atoms with Gasteiger partial charge in [-0.15, -0.1) is 0 Å². The van der Waals surface area contributed by atoms with Crippen LogP contribution in [0.25, 0.3) is 0 Å².